The van der Waals surface area contributed by atoms with Crippen LogP contribution in [-0.4, -0.2) is 19.0 Å². The van der Waals surface area contributed by atoms with Crippen LogP contribution in [0.2, 0.25) is 0 Å². The Labute approximate surface area is 196 Å². The Morgan fingerprint density at radius 2 is 1.74 bits per heavy atom. The number of nitrogens with zero attached hydrogens (tertiary/aromatic N) is 1. The van der Waals surface area contributed by atoms with Gasteiger partial charge in [-0.15, -0.1) is 0 Å². The van der Waals surface area contributed by atoms with Crippen molar-refractivity contribution >= 4 is 49.8 Å². The van der Waals surface area contributed by atoms with E-state index in [-0.39, 0.29) is 11.6 Å². The first-order valence-corrected chi connectivity index (χ1v) is 11.0. The van der Waals surface area contributed by atoms with Crippen molar-refractivity contribution in [3.8, 4) is 11.5 Å². The first-order chi connectivity index (χ1) is 15.0. The van der Waals surface area contributed by atoms with Gasteiger partial charge in [0.1, 0.15) is 6.61 Å². The smallest absolute Gasteiger partial charge is 0.363 e. The van der Waals surface area contributed by atoms with E-state index in [1.807, 2.05) is 60.7 Å². The molecule has 0 amide bonds. The van der Waals surface area contributed by atoms with Crippen LogP contribution in [0.25, 0.3) is 6.08 Å². The predicted molar refractivity (Wildman–Crippen MR) is 126 cm³/mol. The number of rotatable bonds is 6. The molecule has 0 unspecified atom stereocenters. The molecule has 0 radical (unpaired) electrons. The molecule has 3 aromatic carbocycles. The highest BCUT2D eigenvalue weighted by molar-refractivity contribution is 9.10. The second-order valence-corrected chi connectivity index (χ2v) is 8.33. The molecule has 1 aliphatic rings. The van der Waals surface area contributed by atoms with Gasteiger partial charge in [-0.1, -0.05) is 42.5 Å². The highest BCUT2D eigenvalue weighted by Crippen LogP contribution is 2.38. The fraction of sp³-hybridized carbons (Fsp3) is 0.0833. The molecule has 0 aliphatic carbocycles. The van der Waals surface area contributed by atoms with Crippen molar-refractivity contribution in [2.75, 3.05) is 7.11 Å². The summed E-state index contributed by atoms with van der Waals surface area (Å²) in [6, 6.07) is 20.9. The number of aliphatic imine (C=N–C) groups is 1. The first-order valence-electron chi connectivity index (χ1n) is 9.37. The Balaban J connectivity index is 1.61. The molecule has 1 heterocycles. The first kappa shape index (κ1) is 21.3. The number of halogens is 2. The number of cyclic esters (lactones) is 1. The number of benzene rings is 3. The van der Waals surface area contributed by atoms with Gasteiger partial charge in [0, 0.05) is 4.47 Å². The van der Waals surface area contributed by atoms with Gasteiger partial charge in [-0.05, 0) is 73.3 Å². The molecule has 156 valence electrons. The van der Waals surface area contributed by atoms with Crippen LogP contribution in [0.15, 0.2) is 86.4 Å². The molecule has 0 N–H and O–H groups in total. The molecule has 0 aromatic heterocycles. The molecular formula is C24H17Br2NO4. The Bertz CT molecular complexity index is 1190. The van der Waals surface area contributed by atoms with Crippen molar-refractivity contribution < 1.29 is 19.0 Å². The number of hydrogen-bond acceptors (Lipinski definition) is 5. The molecule has 0 atom stereocenters. The van der Waals surface area contributed by atoms with Crippen molar-refractivity contribution in [1.82, 2.24) is 0 Å². The van der Waals surface area contributed by atoms with E-state index in [2.05, 4.69) is 36.9 Å². The monoisotopic (exact) mass is 541 g/mol. The third kappa shape index (κ3) is 4.89. The van der Waals surface area contributed by atoms with Crippen LogP contribution in [-0.2, 0) is 16.1 Å². The summed E-state index contributed by atoms with van der Waals surface area (Å²) >= 11 is 7.00. The molecule has 7 heteroatoms. The minimum Gasteiger partial charge on any atom is -0.493 e. The fourth-order valence-corrected chi connectivity index (χ4v) is 4.04. The molecule has 0 fully saturated rings. The Kier molecular flexibility index (Phi) is 6.53. The lowest BCUT2D eigenvalue weighted by Crippen LogP contribution is -2.05. The highest BCUT2D eigenvalue weighted by Gasteiger charge is 2.25. The molecular weight excluding hydrogens is 526 g/mol. The second kappa shape index (κ2) is 9.49. The summed E-state index contributed by atoms with van der Waals surface area (Å²) in [6.07, 6.45) is 1.65. The second-order valence-electron chi connectivity index (χ2n) is 6.62. The standard InChI is InChI=1S/C24H17Br2NO4/c1-29-21-13-16(11-19(26)22(21)30-14-15-7-3-2-4-8-15)12-20-24(28)31-23(27-20)17-9-5-6-10-18(17)25/h2-13H,14H2,1H3/b20-12-. The number of methoxy groups -OCH3 is 1. The zero-order valence-corrected chi connectivity index (χ0v) is 19.6. The lowest BCUT2D eigenvalue weighted by atomic mass is 10.1. The maximum atomic E-state index is 12.4. The fourth-order valence-electron chi connectivity index (χ4n) is 3.01. The minimum atomic E-state index is -0.509. The molecule has 31 heavy (non-hydrogen) atoms. The average Bonchev–Trinajstić information content (AvgIpc) is 3.13. The maximum Gasteiger partial charge on any atom is 0.363 e. The van der Waals surface area contributed by atoms with Crippen LogP contribution < -0.4 is 9.47 Å². The van der Waals surface area contributed by atoms with E-state index in [0.717, 1.165) is 15.6 Å². The Morgan fingerprint density at radius 1 is 1.00 bits per heavy atom. The zero-order valence-electron chi connectivity index (χ0n) is 16.5. The molecule has 0 saturated heterocycles. The van der Waals surface area contributed by atoms with Crippen LogP contribution in [0.4, 0.5) is 0 Å². The van der Waals surface area contributed by atoms with Crippen LogP contribution >= 0.6 is 31.9 Å². The quantitative estimate of drug-likeness (QED) is 0.277. The molecule has 4 rings (SSSR count). The van der Waals surface area contributed by atoms with Crippen molar-refractivity contribution in [2.45, 2.75) is 6.61 Å². The topological polar surface area (TPSA) is 57.1 Å². The summed E-state index contributed by atoms with van der Waals surface area (Å²) in [6.45, 7) is 0.405. The molecule has 5 nitrogen and oxygen atoms in total. The minimum absolute atomic E-state index is 0.206. The van der Waals surface area contributed by atoms with E-state index in [0.29, 0.717) is 28.1 Å². The van der Waals surface area contributed by atoms with E-state index >= 15 is 0 Å². The number of esters is 1. The molecule has 3 aromatic rings. The van der Waals surface area contributed by atoms with Gasteiger partial charge in [0.25, 0.3) is 0 Å². The van der Waals surface area contributed by atoms with Gasteiger partial charge in [0.15, 0.2) is 17.2 Å². The lowest BCUT2D eigenvalue weighted by molar-refractivity contribution is -0.129. The highest BCUT2D eigenvalue weighted by atomic mass is 79.9. The lowest BCUT2D eigenvalue weighted by Gasteiger charge is -2.13. The normalized spacial score (nSPS) is 14.4. The van der Waals surface area contributed by atoms with Gasteiger partial charge in [-0.25, -0.2) is 9.79 Å². The summed E-state index contributed by atoms with van der Waals surface area (Å²) in [5.74, 6) is 0.876. The molecule has 0 spiro atoms. The maximum absolute atomic E-state index is 12.4. The van der Waals surface area contributed by atoms with Gasteiger partial charge in [-0.3, -0.25) is 0 Å². The van der Waals surface area contributed by atoms with E-state index < -0.39 is 5.97 Å². The van der Waals surface area contributed by atoms with Crippen molar-refractivity contribution in [1.29, 1.82) is 0 Å². The van der Waals surface area contributed by atoms with Crippen molar-refractivity contribution in [3.63, 3.8) is 0 Å². The number of carbonyl (C=O) groups excluding carboxylic acids is 1. The SMILES string of the molecule is COc1cc(/C=C2\N=C(c3ccccc3Br)OC2=O)cc(Br)c1OCc1ccccc1. The van der Waals surface area contributed by atoms with Crippen molar-refractivity contribution in [3.05, 3.63) is 98.1 Å². The average molecular weight is 543 g/mol. The number of carbonyl (C=O) groups is 1. The molecule has 0 saturated carbocycles. The Hall–Kier alpha value is -2.90. The Morgan fingerprint density at radius 3 is 2.48 bits per heavy atom. The largest absolute Gasteiger partial charge is 0.493 e. The van der Waals surface area contributed by atoms with Gasteiger partial charge in [-0.2, -0.15) is 0 Å². The van der Waals surface area contributed by atoms with Crippen LogP contribution in [0.3, 0.4) is 0 Å². The predicted octanol–water partition coefficient (Wildman–Crippen LogP) is 6.14. The van der Waals surface area contributed by atoms with Crippen molar-refractivity contribution in [2.24, 2.45) is 4.99 Å². The van der Waals surface area contributed by atoms with E-state index in [9.17, 15) is 4.79 Å². The van der Waals surface area contributed by atoms with Crippen LogP contribution in [0.5, 0.6) is 11.5 Å². The third-order valence-electron chi connectivity index (χ3n) is 4.51. The number of ether oxygens (including phenoxy) is 3. The molecule has 0 bridgehead atoms. The summed E-state index contributed by atoms with van der Waals surface area (Å²) < 4.78 is 18.3. The van der Waals surface area contributed by atoms with Crippen LogP contribution in [0, 0.1) is 0 Å². The van der Waals surface area contributed by atoms with Gasteiger partial charge in [0.2, 0.25) is 5.90 Å². The molecule has 1 aliphatic heterocycles. The van der Waals surface area contributed by atoms with Gasteiger partial charge < -0.3 is 14.2 Å². The van der Waals surface area contributed by atoms with E-state index in [1.54, 1.807) is 19.3 Å². The third-order valence-corrected chi connectivity index (χ3v) is 5.79. The van der Waals surface area contributed by atoms with Gasteiger partial charge >= 0.3 is 5.97 Å². The van der Waals surface area contributed by atoms with Crippen LogP contribution in [0.1, 0.15) is 16.7 Å². The number of hydrogen-bond donors (Lipinski definition) is 0. The summed E-state index contributed by atoms with van der Waals surface area (Å²) in [5.41, 5.74) is 2.69. The summed E-state index contributed by atoms with van der Waals surface area (Å²) in [4.78, 5) is 16.7. The summed E-state index contributed by atoms with van der Waals surface area (Å²) in [7, 11) is 1.57. The van der Waals surface area contributed by atoms with Gasteiger partial charge in [0.05, 0.1) is 17.1 Å². The zero-order chi connectivity index (χ0) is 21.8. The van der Waals surface area contributed by atoms with E-state index in [1.165, 1.54) is 0 Å². The summed E-state index contributed by atoms with van der Waals surface area (Å²) in [5, 5.41) is 0. The van der Waals surface area contributed by atoms with E-state index in [4.69, 9.17) is 14.2 Å².